The van der Waals surface area contributed by atoms with E-state index in [4.69, 9.17) is 18.0 Å². The van der Waals surface area contributed by atoms with E-state index in [1.165, 1.54) is 0 Å². The quantitative estimate of drug-likeness (QED) is 0.132. The number of ether oxygens (including phenoxy) is 1. The summed E-state index contributed by atoms with van der Waals surface area (Å²) in [5, 5.41) is 0.761. The maximum Gasteiger partial charge on any atom is 0.344 e. The molecule has 0 aliphatic carbocycles. The second-order valence-corrected chi connectivity index (χ2v) is 12.0. The molecular weight excluding hydrogens is 470 g/mol. The molecule has 0 saturated carbocycles. The van der Waals surface area contributed by atoms with Crippen LogP contribution in [0.15, 0.2) is 63.8 Å². The van der Waals surface area contributed by atoms with E-state index in [9.17, 15) is 13.6 Å². The first-order valence-electron chi connectivity index (χ1n) is 12.2. The summed E-state index contributed by atoms with van der Waals surface area (Å²) in [6.07, 6.45) is 0.136. The Morgan fingerprint density at radius 2 is 1.63 bits per heavy atom. The summed E-state index contributed by atoms with van der Waals surface area (Å²) in [6.45, 7) is 6.93. The van der Waals surface area contributed by atoms with Crippen molar-refractivity contribution in [3.63, 3.8) is 0 Å². The van der Waals surface area contributed by atoms with Crippen molar-refractivity contribution in [3.8, 4) is 16.9 Å². The van der Waals surface area contributed by atoms with Gasteiger partial charge in [0.05, 0.1) is 12.2 Å². The second kappa shape index (κ2) is 12.4. The van der Waals surface area contributed by atoms with E-state index in [0.29, 0.717) is 42.6 Å². The topological polar surface area (TPSA) is 57.9 Å². The first-order valence-corrected chi connectivity index (χ1v) is 14.7. The van der Waals surface area contributed by atoms with Gasteiger partial charge < -0.3 is 18.0 Å². The number of alkyl halides is 2. The average Bonchev–Trinajstić information content (AvgIpc) is 2.82. The maximum atomic E-state index is 14.4. The molecule has 1 heterocycles. The van der Waals surface area contributed by atoms with Gasteiger partial charge in [-0.1, -0.05) is 30.3 Å². The van der Waals surface area contributed by atoms with Crippen LogP contribution in [-0.2, 0) is 8.85 Å². The lowest BCUT2D eigenvalue weighted by molar-refractivity contribution is -0.0216. The predicted octanol–water partition coefficient (Wildman–Crippen LogP) is 7.18. The average molecular weight is 505 g/mol. The van der Waals surface area contributed by atoms with Crippen molar-refractivity contribution < 1.29 is 26.8 Å². The Kier molecular flexibility index (Phi) is 9.60. The van der Waals surface area contributed by atoms with Crippen LogP contribution in [-0.4, -0.2) is 34.3 Å². The van der Waals surface area contributed by atoms with Gasteiger partial charge in [0.15, 0.2) is 0 Å². The van der Waals surface area contributed by atoms with Gasteiger partial charge in [-0.15, -0.1) is 0 Å². The SMILES string of the molecule is CCO[Si](C)(CCCC(F)(F)CCCOc1ccc2cc(-c3ccccc3)c(=O)oc2c1)OCC. The summed E-state index contributed by atoms with van der Waals surface area (Å²) in [5.41, 5.74) is 1.23. The number of hydrogen-bond acceptors (Lipinski definition) is 5. The van der Waals surface area contributed by atoms with Crippen LogP contribution < -0.4 is 10.4 Å². The molecule has 0 aliphatic rings. The fourth-order valence-electron chi connectivity index (χ4n) is 4.11. The molecule has 2 aromatic carbocycles. The molecule has 3 rings (SSSR count). The Balaban J connectivity index is 1.50. The minimum atomic E-state index is -2.76. The molecule has 0 spiro atoms. The minimum Gasteiger partial charge on any atom is -0.493 e. The molecule has 3 aromatic rings. The molecule has 0 N–H and O–H groups in total. The third-order valence-corrected chi connectivity index (χ3v) is 8.88. The zero-order chi connectivity index (χ0) is 25.3. The Hall–Kier alpha value is -2.55. The van der Waals surface area contributed by atoms with Crippen molar-refractivity contribution in [1.82, 2.24) is 0 Å². The van der Waals surface area contributed by atoms with Gasteiger partial charge in [0.2, 0.25) is 5.92 Å². The fourth-order valence-corrected chi connectivity index (χ4v) is 6.52. The van der Waals surface area contributed by atoms with Crippen LogP contribution in [0.25, 0.3) is 22.1 Å². The Bertz CT molecular complexity index is 1130. The van der Waals surface area contributed by atoms with Crippen molar-refractivity contribution >= 4 is 19.5 Å². The summed E-state index contributed by atoms with van der Waals surface area (Å²) >= 11 is 0. The van der Waals surface area contributed by atoms with Gasteiger partial charge in [0.25, 0.3) is 0 Å². The van der Waals surface area contributed by atoms with Gasteiger partial charge in [-0.25, -0.2) is 13.6 Å². The van der Waals surface area contributed by atoms with Crippen LogP contribution in [0.2, 0.25) is 12.6 Å². The Morgan fingerprint density at radius 1 is 0.943 bits per heavy atom. The van der Waals surface area contributed by atoms with Gasteiger partial charge in [0, 0.05) is 37.5 Å². The molecule has 0 radical (unpaired) electrons. The van der Waals surface area contributed by atoms with Crippen molar-refractivity contribution in [2.75, 3.05) is 19.8 Å². The van der Waals surface area contributed by atoms with Crippen molar-refractivity contribution in [2.45, 2.75) is 58.0 Å². The maximum absolute atomic E-state index is 14.4. The van der Waals surface area contributed by atoms with Crippen LogP contribution in [0, 0.1) is 0 Å². The highest BCUT2D eigenvalue weighted by Gasteiger charge is 2.34. The molecule has 0 fully saturated rings. The van der Waals surface area contributed by atoms with E-state index in [2.05, 4.69) is 0 Å². The molecule has 0 unspecified atom stereocenters. The Labute approximate surface area is 206 Å². The number of halogens is 2. The molecule has 190 valence electrons. The highest BCUT2D eigenvalue weighted by atomic mass is 28.4. The van der Waals surface area contributed by atoms with Crippen LogP contribution >= 0.6 is 0 Å². The van der Waals surface area contributed by atoms with E-state index in [1.807, 2.05) is 50.7 Å². The molecule has 0 atom stereocenters. The molecule has 8 heteroatoms. The summed E-state index contributed by atoms with van der Waals surface area (Å²) in [5.74, 6) is -2.28. The largest absolute Gasteiger partial charge is 0.493 e. The Morgan fingerprint density at radius 3 is 2.31 bits per heavy atom. The van der Waals surface area contributed by atoms with E-state index in [0.717, 1.165) is 10.9 Å². The summed E-state index contributed by atoms with van der Waals surface area (Å²) < 4.78 is 51.3. The lowest BCUT2D eigenvalue weighted by Gasteiger charge is -2.26. The highest BCUT2D eigenvalue weighted by molar-refractivity contribution is 6.66. The van der Waals surface area contributed by atoms with Gasteiger partial charge >= 0.3 is 14.2 Å². The molecule has 1 aromatic heterocycles. The van der Waals surface area contributed by atoms with Crippen LogP contribution in [0.1, 0.15) is 39.5 Å². The monoisotopic (exact) mass is 504 g/mol. The third-order valence-electron chi connectivity index (χ3n) is 5.82. The zero-order valence-corrected chi connectivity index (χ0v) is 21.7. The standard InChI is InChI=1S/C27H34F2O5Si/c1-4-32-35(3,33-5-2)18-10-16-27(28,29)15-9-17-31-23-14-13-22-19-24(21-11-7-6-8-12-21)26(30)34-25(22)20-23/h6-8,11-14,19-20H,4-5,9-10,15-18H2,1-3H3. The molecular formula is C27H34F2O5Si. The lowest BCUT2D eigenvalue weighted by Crippen LogP contribution is -2.39. The lowest BCUT2D eigenvalue weighted by atomic mass is 10.1. The highest BCUT2D eigenvalue weighted by Crippen LogP contribution is 2.30. The molecule has 0 bridgehead atoms. The first-order chi connectivity index (χ1) is 16.8. The number of hydrogen-bond donors (Lipinski definition) is 0. The zero-order valence-electron chi connectivity index (χ0n) is 20.7. The van der Waals surface area contributed by atoms with E-state index in [-0.39, 0.29) is 25.9 Å². The van der Waals surface area contributed by atoms with E-state index < -0.39 is 20.1 Å². The van der Waals surface area contributed by atoms with Crippen molar-refractivity contribution in [2.24, 2.45) is 0 Å². The summed E-state index contributed by atoms with van der Waals surface area (Å²) in [7, 11) is -2.37. The van der Waals surface area contributed by atoms with Crippen LogP contribution in [0.3, 0.4) is 0 Å². The summed E-state index contributed by atoms with van der Waals surface area (Å²) in [4.78, 5) is 12.4. The molecule has 0 saturated heterocycles. The van der Waals surface area contributed by atoms with Crippen molar-refractivity contribution in [3.05, 3.63) is 65.0 Å². The summed E-state index contributed by atoms with van der Waals surface area (Å²) in [6, 6.07) is 16.8. The van der Waals surface area contributed by atoms with Crippen LogP contribution in [0.5, 0.6) is 5.75 Å². The molecule has 0 aliphatic heterocycles. The number of benzene rings is 2. The molecule has 35 heavy (non-hydrogen) atoms. The van der Waals surface area contributed by atoms with Gasteiger partial charge in [0.1, 0.15) is 11.3 Å². The fraction of sp³-hybridized carbons (Fsp3) is 0.444. The normalized spacial score (nSPS) is 12.3. The number of fused-ring (bicyclic) bond motifs is 1. The molecule has 0 amide bonds. The smallest absolute Gasteiger partial charge is 0.344 e. The second-order valence-electron chi connectivity index (χ2n) is 8.67. The first kappa shape index (κ1) is 27.0. The predicted molar refractivity (Wildman–Crippen MR) is 137 cm³/mol. The van der Waals surface area contributed by atoms with Crippen molar-refractivity contribution in [1.29, 1.82) is 0 Å². The van der Waals surface area contributed by atoms with Crippen LogP contribution in [0.4, 0.5) is 8.78 Å². The van der Waals surface area contributed by atoms with E-state index in [1.54, 1.807) is 24.3 Å². The van der Waals surface area contributed by atoms with E-state index >= 15 is 0 Å². The van der Waals surface area contributed by atoms with Gasteiger partial charge in [-0.2, -0.15) is 0 Å². The van der Waals surface area contributed by atoms with Gasteiger partial charge in [-0.3, -0.25) is 0 Å². The van der Waals surface area contributed by atoms with Gasteiger partial charge in [-0.05, 0) is 63.0 Å². The number of rotatable bonds is 14. The minimum absolute atomic E-state index is 0.151. The molecule has 5 nitrogen and oxygen atoms in total. The third kappa shape index (κ3) is 7.98.